The zero-order valence-electron chi connectivity index (χ0n) is 13.3. The fourth-order valence-corrected chi connectivity index (χ4v) is 2.39. The molecule has 0 atom stereocenters. The van der Waals surface area contributed by atoms with Crippen LogP contribution in [0.4, 0.5) is 11.4 Å². The lowest BCUT2D eigenvalue weighted by atomic mass is 10.1. The normalized spacial score (nSPS) is 10.6. The Morgan fingerprint density at radius 2 is 2.04 bits per heavy atom. The number of nitro groups is 1. The molecule has 2 aromatic carbocycles. The summed E-state index contributed by atoms with van der Waals surface area (Å²) in [4.78, 5) is 34.4. The van der Waals surface area contributed by atoms with Crippen LogP contribution in [0.1, 0.15) is 10.4 Å². The number of nitrogens with one attached hydrogen (secondary N) is 1. The van der Waals surface area contributed by atoms with Gasteiger partial charge in [-0.3, -0.25) is 19.5 Å². The molecule has 1 N–H and O–H groups in total. The molecule has 0 fully saturated rings. The number of hydrogen-bond acceptors (Lipinski definition) is 6. The maximum atomic E-state index is 12.4. The largest absolute Gasteiger partial charge is 0.497 e. The van der Waals surface area contributed by atoms with Gasteiger partial charge in [-0.25, -0.2) is 4.79 Å². The molecular formula is C16H13N3O6. The molecule has 9 nitrogen and oxygen atoms in total. The lowest BCUT2D eigenvalue weighted by molar-refractivity contribution is -0.385. The third kappa shape index (κ3) is 2.94. The number of benzene rings is 2. The van der Waals surface area contributed by atoms with E-state index < -0.39 is 16.6 Å². The first-order valence-corrected chi connectivity index (χ1v) is 7.14. The minimum atomic E-state index is -0.678. The monoisotopic (exact) mass is 343 g/mol. The average Bonchev–Trinajstić information content (AvgIpc) is 2.88. The Morgan fingerprint density at radius 1 is 1.28 bits per heavy atom. The lowest BCUT2D eigenvalue weighted by Crippen LogP contribution is -2.14. The van der Waals surface area contributed by atoms with Gasteiger partial charge in [0, 0.05) is 24.9 Å². The number of fused-ring (bicyclic) bond motifs is 1. The van der Waals surface area contributed by atoms with Crippen LogP contribution < -0.4 is 15.8 Å². The molecule has 9 heteroatoms. The smallest absolute Gasteiger partial charge is 0.419 e. The molecule has 128 valence electrons. The third-order valence-electron chi connectivity index (χ3n) is 3.70. The van der Waals surface area contributed by atoms with E-state index in [0.717, 1.165) is 0 Å². The van der Waals surface area contributed by atoms with Crippen LogP contribution in [0.3, 0.4) is 0 Å². The van der Waals surface area contributed by atoms with Gasteiger partial charge in [0.15, 0.2) is 5.58 Å². The number of amides is 1. The van der Waals surface area contributed by atoms with Crippen LogP contribution in [0.5, 0.6) is 5.75 Å². The predicted molar refractivity (Wildman–Crippen MR) is 89.1 cm³/mol. The second-order valence-corrected chi connectivity index (χ2v) is 5.20. The number of hydrogen-bond donors (Lipinski definition) is 1. The van der Waals surface area contributed by atoms with E-state index in [2.05, 4.69) is 5.32 Å². The molecule has 0 aliphatic rings. The van der Waals surface area contributed by atoms with Crippen molar-refractivity contribution < 1.29 is 18.9 Å². The van der Waals surface area contributed by atoms with Gasteiger partial charge in [-0.05, 0) is 24.3 Å². The zero-order valence-corrected chi connectivity index (χ0v) is 13.3. The summed E-state index contributed by atoms with van der Waals surface area (Å²) in [7, 11) is 2.96. The molecule has 0 radical (unpaired) electrons. The molecule has 1 heterocycles. The second kappa shape index (κ2) is 6.11. The Bertz CT molecular complexity index is 1050. The van der Waals surface area contributed by atoms with Crippen LogP contribution in [0, 0.1) is 10.1 Å². The SMILES string of the molecule is COc1ccc([N+](=O)[O-])c(C(=O)Nc2ccc3c(c2)oc(=O)n3C)c1. The van der Waals surface area contributed by atoms with Gasteiger partial charge in [-0.2, -0.15) is 0 Å². The number of nitrogens with zero attached hydrogens (tertiary/aromatic N) is 2. The van der Waals surface area contributed by atoms with E-state index in [0.29, 0.717) is 22.5 Å². The number of methoxy groups -OCH3 is 1. The van der Waals surface area contributed by atoms with Crippen LogP contribution in [0.15, 0.2) is 45.6 Å². The fraction of sp³-hybridized carbons (Fsp3) is 0.125. The molecule has 1 aromatic heterocycles. The van der Waals surface area contributed by atoms with E-state index in [-0.39, 0.29) is 11.3 Å². The molecule has 0 saturated heterocycles. The van der Waals surface area contributed by atoms with Crippen molar-refractivity contribution >= 4 is 28.4 Å². The number of ether oxygens (including phenoxy) is 1. The maximum absolute atomic E-state index is 12.4. The molecule has 3 aromatic rings. The molecule has 0 unspecified atom stereocenters. The van der Waals surface area contributed by atoms with Crippen molar-refractivity contribution in [3.63, 3.8) is 0 Å². The molecular weight excluding hydrogens is 330 g/mol. The van der Waals surface area contributed by atoms with E-state index in [9.17, 15) is 19.7 Å². The van der Waals surface area contributed by atoms with Crippen molar-refractivity contribution in [2.75, 3.05) is 12.4 Å². The minimum absolute atomic E-state index is 0.140. The maximum Gasteiger partial charge on any atom is 0.419 e. The first kappa shape index (κ1) is 16.2. The first-order chi connectivity index (χ1) is 11.9. The van der Waals surface area contributed by atoms with Gasteiger partial charge in [-0.15, -0.1) is 0 Å². The average molecular weight is 343 g/mol. The van der Waals surface area contributed by atoms with Crippen molar-refractivity contribution in [3.05, 3.63) is 62.6 Å². The summed E-state index contributed by atoms with van der Waals surface area (Å²) in [5, 5.41) is 13.7. The van der Waals surface area contributed by atoms with Crippen molar-refractivity contribution in [2.24, 2.45) is 7.05 Å². The summed E-state index contributed by atoms with van der Waals surface area (Å²) in [6, 6.07) is 8.54. The molecule has 0 aliphatic heterocycles. The van der Waals surface area contributed by atoms with Gasteiger partial charge in [-0.1, -0.05) is 0 Å². The van der Waals surface area contributed by atoms with Gasteiger partial charge >= 0.3 is 5.76 Å². The Morgan fingerprint density at radius 3 is 2.72 bits per heavy atom. The van der Waals surface area contributed by atoms with Crippen molar-refractivity contribution in [1.29, 1.82) is 0 Å². The molecule has 0 saturated carbocycles. The Balaban J connectivity index is 1.97. The van der Waals surface area contributed by atoms with Crippen LogP contribution in [0.25, 0.3) is 11.1 Å². The number of carbonyl (C=O) groups is 1. The van der Waals surface area contributed by atoms with Gasteiger partial charge in [0.25, 0.3) is 11.6 Å². The molecule has 25 heavy (non-hydrogen) atoms. The van der Waals surface area contributed by atoms with Crippen LogP contribution >= 0.6 is 0 Å². The summed E-state index contributed by atoms with van der Waals surface area (Å²) in [6.07, 6.45) is 0. The second-order valence-electron chi connectivity index (χ2n) is 5.20. The standard InChI is InChI=1S/C16H13N3O6/c1-18-13-5-3-9(7-14(13)25-16(18)21)17-15(20)11-8-10(24-2)4-6-12(11)19(22)23/h3-8H,1-2H3,(H,17,20). The highest BCUT2D eigenvalue weighted by Crippen LogP contribution is 2.25. The van der Waals surface area contributed by atoms with Gasteiger partial charge in [0.1, 0.15) is 11.3 Å². The highest BCUT2D eigenvalue weighted by atomic mass is 16.6. The van der Waals surface area contributed by atoms with E-state index in [1.54, 1.807) is 19.2 Å². The van der Waals surface area contributed by atoms with Gasteiger partial charge < -0.3 is 14.5 Å². The predicted octanol–water partition coefficient (Wildman–Crippen LogP) is 2.30. The Kier molecular flexibility index (Phi) is 3.97. The van der Waals surface area contributed by atoms with E-state index in [1.165, 1.54) is 35.9 Å². The molecule has 0 bridgehead atoms. The van der Waals surface area contributed by atoms with E-state index in [1.807, 2.05) is 0 Å². The summed E-state index contributed by atoms with van der Waals surface area (Å²) >= 11 is 0. The summed E-state index contributed by atoms with van der Waals surface area (Å²) < 4.78 is 11.4. The molecule has 0 aliphatic carbocycles. The zero-order chi connectivity index (χ0) is 18.1. The van der Waals surface area contributed by atoms with Crippen LogP contribution in [-0.4, -0.2) is 22.5 Å². The van der Waals surface area contributed by atoms with Crippen LogP contribution in [0.2, 0.25) is 0 Å². The van der Waals surface area contributed by atoms with Crippen molar-refractivity contribution in [3.8, 4) is 5.75 Å². The highest BCUT2D eigenvalue weighted by molar-refractivity contribution is 6.07. The van der Waals surface area contributed by atoms with E-state index in [4.69, 9.17) is 9.15 Å². The number of aryl methyl sites for hydroxylation is 1. The lowest BCUT2D eigenvalue weighted by Gasteiger charge is -2.07. The Hall–Kier alpha value is -3.62. The fourth-order valence-electron chi connectivity index (χ4n) is 2.39. The number of anilines is 1. The quantitative estimate of drug-likeness (QED) is 0.574. The molecule has 3 rings (SSSR count). The minimum Gasteiger partial charge on any atom is -0.497 e. The number of oxazole rings is 1. The first-order valence-electron chi connectivity index (χ1n) is 7.14. The number of carbonyl (C=O) groups excluding carboxylic acids is 1. The number of rotatable bonds is 4. The third-order valence-corrected chi connectivity index (χ3v) is 3.70. The summed E-state index contributed by atoms with van der Waals surface area (Å²) in [6.45, 7) is 0. The number of nitro benzene ring substituents is 1. The molecule has 1 amide bonds. The van der Waals surface area contributed by atoms with Gasteiger partial charge in [0.05, 0.1) is 17.5 Å². The van der Waals surface area contributed by atoms with E-state index >= 15 is 0 Å². The summed E-state index contributed by atoms with van der Waals surface area (Å²) in [5.41, 5.74) is 0.717. The van der Waals surface area contributed by atoms with Gasteiger partial charge in [0.2, 0.25) is 0 Å². The molecule has 0 spiro atoms. The highest BCUT2D eigenvalue weighted by Gasteiger charge is 2.21. The van der Waals surface area contributed by atoms with Crippen molar-refractivity contribution in [1.82, 2.24) is 4.57 Å². The summed E-state index contributed by atoms with van der Waals surface area (Å²) in [5.74, 6) is -0.884. The number of aromatic nitrogens is 1. The van der Waals surface area contributed by atoms with Crippen molar-refractivity contribution in [2.45, 2.75) is 0 Å². The Labute approximate surface area is 140 Å². The van der Waals surface area contributed by atoms with Crippen LogP contribution in [-0.2, 0) is 7.05 Å². The topological polar surface area (TPSA) is 117 Å².